The lowest BCUT2D eigenvalue weighted by molar-refractivity contribution is -0.148. The van der Waals surface area contributed by atoms with Crippen LogP contribution >= 0.6 is 0 Å². The summed E-state index contributed by atoms with van der Waals surface area (Å²) in [4.78, 5) is 29.7. The van der Waals surface area contributed by atoms with Gasteiger partial charge in [-0.05, 0) is 37.3 Å². The molecule has 6 nitrogen and oxygen atoms in total. The molecule has 4 heterocycles. The van der Waals surface area contributed by atoms with Crippen molar-refractivity contribution in [2.75, 3.05) is 24.5 Å². The number of H-pyrrole nitrogens is 1. The maximum Gasteiger partial charge on any atom is 0.229 e. The SMILES string of the molecule is O=C1N(Cc2c[nH]c3ccccc23)CCCC12CCN(c1cnccn1)CC2. The molecule has 3 aromatic rings. The summed E-state index contributed by atoms with van der Waals surface area (Å²) in [5.41, 5.74) is 2.13. The monoisotopic (exact) mass is 375 g/mol. The van der Waals surface area contributed by atoms with Gasteiger partial charge in [-0.15, -0.1) is 0 Å². The number of anilines is 1. The maximum absolute atomic E-state index is 13.5. The summed E-state index contributed by atoms with van der Waals surface area (Å²) in [6.45, 7) is 3.28. The van der Waals surface area contributed by atoms with E-state index in [1.54, 1.807) is 12.4 Å². The van der Waals surface area contributed by atoms with Gasteiger partial charge in [0, 0.05) is 55.7 Å². The topological polar surface area (TPSA) is 65.1 Å². The third kappa shape index (κ3) is 2.93. The lowest BCUT2D eigenvalue weighted by Crippen LogP contribution is -2.53. The fraction of sp³-hybridized carbons (Fsp3) is 0.409. The number of carbonyl (C=O) groups excluding carboxylic acids is 1. The Labute approximate surface area is 164 Å². The van der Waals surface area contributed by atoms with Crippen molar-refractivity contribution < 1.29 is 4.79 Å². The fourth-order valence-corrected chi connectivity index (χ4v) is 4.85. The van der Waals surface area contributed by atoms with E-state index in [-0.39, 0.29) is 5.41 Å². The van der Waals surface area contributed by atoms with Crippen molar-refractivity contribution in [3.05, 3.63) is 54.6 Å². The molecule has 1 spiro atoms. The van der Waals surface area contributed by atoms with Crippen molar-refractivity contribution >= 4 is 22.6 Å². The number of amides is 1. The molecule has 2 aliphatic heterocycles. The smallest absolute Gasteiger partial charge is 0.229 e. The van der Waals surface area contributed by atoms with Crippen molar-refractivity contribution in [3.63, 3.8) is 0 Å². The fourth-order valence-electron chi connectivity index (χ4n) is 4.85. The molecule has 144 valence electrons. The van der Waals surface area contributed by atoms with Gasteiger partial charge in [-0.3, -0.25) is 9.78 Å². The van der Waals surface area contributed by atoms with Gasteiger partial charge in [-0.25, -0.2) is 4.98 Å². The minimum Gasteiger partial charge on any atom is -0.361 e. The second-order valence-corrected chi connectivity index (χ2v) is 8.02. The lowest BCUT2D eigenvalue weighted by Gasteiger charge is -2.46. The Bertz CT molecular complexity index is 975. The molecule has 6 heteroatoms. The van der Waals surface area contributed by atoms with Crippen LogP contribution in [0.5, 0.6) is 0 Å². The summed E-state index contributed by atoms with van der Waals surface area (Å²) in [7, 11) is 0. The number of fused-ring (bicyclic) bond motifs is 1. The summed E-state index contributed by atoms with van der Waals surface area (Å²) in [6, 6.07) is 8.31. The molecule has 2 saturated heterocycles. The van der Waals surface area contributed by atoms with Gasteiger partial charge in [0.05, 0.1) is 11.6 Å². The highest BCUT2D eigenvalue weighted by Gasteiger charge is 2.45. The van der Waals surface area contributed by atoms with Crippen LogP contribution in [0.25, 0.3) is 10.9 Å². The molecule has 1 N–H and O–H groups in total. The molecule has 0 atom stereocenters. The number of rotatable bonds is 3. The van der Waals surface area contributed by atoms with Crippen LogP contribution in [0, 0.1) is 5.41 Å². The third-order valence-electron chi connectivity index (χ3n) is 6.45. The number of likely N-dealkylation sites (tertiary alicyclic amines) is 1. The number of aromatic amines is 1. The molecule has 28 heavy (non-hydrogen) atoms. The normalized spacial score (nSPS) is 19.5. The van der Waals surface area contributed by atoms with Crippen molar-refractivity contribution in [2.24, 2.45) is 5.41 Å². The molecule has 2 fully saturated rings. The first kappa shape index (κ1) is 17.2. The molecule has 0 saturated carbocycles. The van der Waals surface area contributed by atoms with E-state index in [0.717, 1.165) is 56.7 Å². The highest BCUT2D eigenvalue weighted by atomic mass is 16.2. The Morgan fingerprint density at radius 3 is 2.75 bits per heavy atom. The summed E-state index contributed by atoms with van der Waals surface area (Å²) < 4.78 is 0. The molecular formula is C22H25N5O. The van der Waals surface area contributed by atoms with Gasteiger partial charge in [-0.1, -0.05) is 18.2 Å². The average molecular weight is 375 g/mol. The first-order chi connectivity index (χ1) is 13.8. The minimum atomic E-state index is -0.205. The zero-order chi connectivity index (χ0) is 19.0. The first-order valence-electron chi connectivity index (χ1n) is 10.1. The van der Waals surface area contributed by atoms with E-state index in [1.165, 1.54) is 10.9 Å². The van der Waals surface area contributed by atoms with Crippen molar-refractivity contribution in [2.45, 2.75) is 32.2 Å². The Morgan fingerprint density at radius 2 is 1.93 bits per heavy atom. The second-order valence-electron chi connectivity index (χ2n) is 8.02. The summed E-state index contributed by atoms with van der Waals surface area (Å²) in [5, 5.41) is 1.22. The van der Waals surface area contributed by atoms with Crippen LogP contribution in [0.1, 0.15) is 31.2 Å². The van der Waals surface area contributed by atoms with E-state index in [1.807, 2.05) is 12.3 Å². The molecular weight excluding hydrogens is 350 g/mol. The van der Waals surface area contributed by atoms with Crippen LogP contribution in [0.2, 0.25) is 0 Å². The molecule has 0 aliphatic carbocycles. The standard InChI is InChI=1S/C22H25N5O/c28-21-22(7-12-26(13-8-22)20-15-23-9-10-24-20)6-3-11-27(21)16-17-14-25-19-5-2-1-4-18(17)19/h1-2,4-5,9-10,14-15,25H,3,6-8,11-13,16H2. The highest BCUT2D eigenvalue weighted by Crippen LogP contribution is 2.42. The summed E-state index contributed by atoms with van der Waals surface area (Å²) in [5.74, 6) is 1.25. The molecule has 0 radical (unpaired) electrons. The quantitative estimate of drug-likeness (QED) is 0.762. The predicted octanol–water partition coefficient (Wildman–Crippen LogP) is 3.37. The molecule has 5 rings (SSSR count). The summed E-state index contributed by atoms with van der Waals surface area (Å²) >= 11 is 0. The number of nitrogens with zero attached hydrogens (tertiary/aromatic N) is 4. The van der Waals surface area contributed by atoms with E-state index in [2.05, 4.69) is 49.1 Å². The number of hydrogen-bond acceptors (Lipinski definition) is 4. The number of hydrogen-bond donors (Lipinski definition) is 1. The number of benzene rings is 1. The molecule has 1 amide bonds. The number of piperidine rings is 2. The third-order valence-corrected chi connectivity index (χ3v) is 6.45. The number of para-hydroxylation sites is 1. The van der Waals surface area contributed by atoms with Crippen LogP contribution in [-0.2, 0) is 11.3 Å². The van der Waals surface area contributed by atoms with E-state index < -0.39 is 0 Å². The van der Waals surface area contributed by atoms with Gasteiger partial charge in [0.1, 0.15) is 5.82 Å². The van der Waals surface area contributed by atoms with E-state index in [9.17, 15) is 4.79 Å². The van der Waals surface area contributed by atoms with Gasteiger partial charge in [0.2, 0.25) is 5.91 Å². The van der Waals surface area contributed by atoms with E-state index >= 15 is 0 Å². The lowest BCUT2D eigenvalue weighted by atomic mass is 9.71. The van der Waals surface area contributed by atoms with Crippen molar-refractivity contribution in [3.8, 4) is 0 Å². The summed E-state index contributed by atoms with van der Waals surface area (Å²) in [6.07, 6.45) is 11.2. The number of nitrogens with one attached hydrogen (secondary N) is 1. The predicted molar refractivity (Wildman–Crippen MR) is 109 cm³/mol. The van der Waals surface area contributed by atoms with Gasteiger partial charge in [0.15, 0.2) is 0 Å². The van der Waals surface area contributed by atoms with Gasteiger partial charge >= 0.3 is 0 Å². The van der Waals surface area contributed by atoms with Gasteiger partial charge in [-0.2, -0.15) is 0 Å². The Morgan fingerprint density at radius 1 is 1.07 bits per heavy atom. The Balaban J connectivity index is 1.31. The van der Waals surface area contributed by atoms with Crippen molar-refractivity contribution in [1.29, 1.82) is 0 Å². The van der Waals surface area contributed by atoms with E-state index in [4.69, 9.17) is 0 Å². The van der Waals surface area contributed by atoms with Crippen LogP contribution in [-0.4, -0.2) is 45.4 Å². The van der Waals surface area contributed by atoms with Gasteiger partial charge < -0.3 is 14.8 Å². The Kier molecular flexibility index (Phi) is 4.26. The maximum atomic E-state index is 13.5. The zero-order valence-corrected chi connectivity index (χ0v) is 16.0. The first-order valence-corrected chi connectivity index (χ1v) is 10.1. The molecule has 2 aliphatic rings. The molecule has 0 bridgehead atoms. The number of aromatic nitrogens is 3. The zero-order valence-electron chi connectivity index (χ0n) is 16.0. The molecule has 0 unspecified atom stereocenters. The average Bonchev–Trinajstić information content (AvgIpc) is 3.16. The van der Waals surface area contributed by atoms with Gasteiger partial charge in [0.25, 0.3) is 0 Å². The molecule has 1 aromatic carbocycles. The van der Waals surface area contributed by atoms with Crippen LogP contribution in [0.15, 0.2) is 49.1 Å². The van der Waals surface area contributed by atoms with Crippen molar-refractivity contribution in [1.82, 2.24) is 19.9 Å². The molecule has 2 aromatic heterocycles. The van der Waals surface area contributed by atoms with Crippen LogP contribution < -0.4 is 4.90 Å². The Hall–Kier alpha value is -2.89. The largest absolute Gasteiger partial charge is 0.361 e. The van der Waals surface area contributed by atoms with Crippen LogP contribution in [0.3, 0.4) is 0 Å². The van der Waals surface area contributed by atoms with E-state index in [0.29, 0.717) is 12.5 Å². The minimum absolute atomic E-state index is 0.205. The van der Waals surface area contributed by atoms with Crippen LogP contribution in [0.4, 0.5) is 5.82 Å². The highest BCUT2D eigenvalue weighted by molar-refractivity contribution is 5.86. The number of carbonyl (C=O) groups is 1. The second kappa shape index (κ2) is 6.93.